The minimum Gasteiger partial charge on any atom is -0.494 e. The van der Waals surface area contributed by atoms with Gasteiger partial charge >= 0.3 is 0 Å². The van der Waals surface area contributed by atoms with Crippen LogP contribution in [-0.2, 0) is 4.79 Å². The lowest BCUT2D eigenvalue weighted by atomic mass is 9.87. The summed E-state index contributed by atoms with van der Waals surface area (Å²) < 4.78 is 5.49. The summed E-state index contributed by atoms with van der Waals surface area (Å²) in [6, 6.07) is 7.57. The molecule has 7 nitrogen and oxygen atoms in total. The zero-order valence-electron chi connectivity index (χ0n) is 16.3. The van der Waals surface area contributed by atoms with Crippen molar-refractivity contribution in [2.45, 2.75) is 39.0 Å². The fourth-order valence-electron chi connectivity index (χ4n) is 3.98. The topological polar surface area (TPSA) is 87.3 Å². The number of aromatic nitrogens is 2. The molecular weight excluding hydrogens is 356 g/mol. The van der Waals surface area contributed by atoms with Crippen molar-refractivity contribution in [1.82, 2.24) is 9.97 Å². The van der Waals surface area contributed by atoms with Crippen LogP contribution in [0, 0.1) is 5.92 Å². The quantitative estimate of drug-likeness (QED) is 0.849. The lowest BCUT2D eigenvalue weighted by molar-refractivity contribution is -0.116. The van der Waals surface area contributed by atoms with Gasteiger partial charge in [0.15, 0.2) is 0 Å². The van der Waals surface area contributed by atoms with E-state index in [0.29, 0.717) is 29.9 Å². The summed E-state index contributed by atoms with van der Waals surface area (Å²) in [4.78, 5) is 34.9. The van der Waals surface area contributed by atoms with Crippen LogP contribution in [0.5, 0.6) is 5.75 Å². The Bertz CT molecular complexity index is 914. The second-order valence-electron chi connectivity index (χ2n) is 7.63. The minimum atomic E-state index is -0.314. The number of benzene rings is 1. The predicted molar refractivity (Wildman–Crippen MR) is 108 cm³/mol. The highest BCUT2D eigenvalue weighted by atomic mass is 16.5. The van der Waals surface area contributed by atoms with Gasteiger partial charge in [-0.2, -0.15) is 4.98 Å². The number of nitrogens with zero attached hydrogens (tertiary/aromatic N) is 2. The van der Waals surface area contributed by atoms with Crippen LogP contribution in [0.3, 0.4) is 0 Å². The number of fused-ring (bicyclic) bond motifs is 1. The van der Waals surface area contributed by atoms with Gasteiger partial charge in [0, 0.05) is 25.4 Å². The molecule has 0 bridgehead atoms. The molecule has 1 unspecified atom stereocenters. The van der Waals surface area contributed by atoms with Crippen molar-refractivity contribution in [2.75, 3.05) is 29.9 Å². The van der Waals surface area contributed by atoms with Crippen LogP contribution >= 0.6 is 0 Å². The molecule has 1 atom stereocenters. The number of carbonyl (C=O) groups excluding carboxylic acids is 1. The highest BCUT2D eigenvalue weighted by molar-refractivity contribution is 5.94. The Morgan fingerprint density at radius 1 is 1.18 bits per heavy atom. The lowest BCUT2D eigenvalue weighted by Crippen LogP contribution is -2.37. The van der Waals surface area contributed by atoms with Crippen molar-refractivity contribution in [3.8, 4) is 5.75 Å². The maximum absolute atomic E-state index is 13.0. The first-order valence-electron chi connectivity index (χ1n) is 9.97. The summed E-state index contributed by atoms with van der Waals surface area (Å²) in [6.07, 6.45) is 2.37. The molecule has 3 heterocycles. The highest BCUT2D eigenvalue weighted by Gasteiger charge is 2.31. The van der Waals surface area contributed by atoms with Gasteiger partial charge in [-0.25, -0.2) is 0 Å². The molecule has 7 heteroatoms. The molecule has 0 saturated carbocycles. The molecule has 2 aliphatic heterocycles. The monoisotopic (exact) mass is 382 g/mol. The Morgan fingerprint density at radius 2 is 1.89 bits per heavy atom. The summed E-state index contributed by atoms with van der Waals surface area (Å²) in [6.45, 7) is 6.48. The van der Waals surface area contributed by atoms with E-state index in [-0.39, 0.29) is 23.8 Å². The van der Waals surface area contributed by atoms with Gasteiger partial charge in [-0.1, -0.05) is 19.1 Å². The molecule has 0 aliphatic carbocycles. The third kappa shape index (κ3) is 3.61. The molecule has 1 aromatic carbocycles. The number of hydrogen-bond acceptors (Lipinski definition) is 5. The van der Waals surface area contributed by atoms with Gasteiger partial charge in [0.05, 0.1) is 12.2 Å². The number of ether oxygens (including phenoxy) is 1. The van der Waals surface area contributed by atoms with E-state index in [9.17, 15) is 9.59 Å². The first-order chi connectivity index (χ1) is 13.5. The Balaban J connectivity index is 1.68. The molecule has 1 aromatic heterocycles. The number of piperidine rings is 1. The summed E-state index contributed by atoms with van der Waals surface area (Å²) in [5, 5.41) is 2.80. The van der Waals surface area contributed by atoms with Crippen LogP contribution < -0.4 is 20.5 Å². The Hall–Kier alpha value is -2.83. The number of hydrogen-bond donors (Lipinski definition) is 2. The highest BCUT2D eigenvalue weighted by Crippen LogP contribution is 2.35. The average molecular weight is 382 g/mol. The van der Waals surface area contributed by atoms with E-state index >= 15 is 0 Å². The molecule has 0 spiro atoms. The van der Waals surface area contributed by atoms with E-state index < -0.39 is 0 Å². The van der Waals surface area contributed by atoms with Gasteiger partial charge in [0.1, 0.15) is 11.6 Å². The number of H-pyrrole nitrogens is 1. The molecule has 2 aromatic rings. The van der Waals surface area contributed by atoms with Crippen molar-refractivity contribution in [3.63, 3.8) is 0 Å². The van der Waals surface area contributed by atoms with E-state index in [1.165, 1.54) is 0 Å². The van der Waals surface area contributed by atoms with Gasteiger partial charge < -0.3 is 15.0 Å². The molecule has 2 aliphatic rings. The Morgan fingerprint density at radius 3 is 2.57 bits per heavy atom. The number of nitrogens with one attached hydrogen (secondary N) is 2. The fourth-order valence-corrected chi connectivity index (χ4v) is 3.98. The average Bonchev–Trinajstić information content (AvgIpc) is 2.68. The van der Waals surface area contributed by atoms with Crippen molar-refractivity contribution < 1.29 is 9.53 Å². The maximum Gasteiger partial charge on any atom is 0.258 e. The molecule has 0 radical (unpaired) electrons. The Kier molecular flexibility index (Phi) is 5.07. The molecule has 2 N–H and O–H groups in total. The fraction of sp³-hybridized carbons (Fsp3) is 0.476. The van der Waals surface area contributed by atoms with Crippen LogP contribution in [-0.4, -0.2) is 35.6 Å². The molecule has 1 saturated heterocycles. The number of amides is 1. The molecule has 1 amide bonds. The molecule has 1 fully saturated rings. The van der Waals surface area contributed by atoms with E-state index in [0.717, 1.165) is 37.2 Å². The van der Waals surface area contributed by atoms with E-state index in [4.69, 9.17) is 4.74 Å². The van der Waals surface area contributed by atoms with Crippen molar-refractivity contribution in [3.05, 3.63) is 45.7 Å². The minimum absolute atomic E-state index is 0.122. The van der Waals surface area contributed by atoms with Gasteiger partial charge in [0.25, 0.3) is 5.56 Å². The molecule has 28 heavy (non-hydrogen) atoms. The van der Waals surface area contributed by atoms with Crippen LogP contribution in [0.25, 0.3) is 0 Å². The van der Waals surface area contributed by atoms with Crippen LogP contribution in [0.1, 0.15) is 50.2 Å². The first-order valence-corrected chi connectivity index (χ1v) is 9.97. The van der Waals surface area contributed by atoms with Gasteiger partial charge in [-0.3, -0.25) is 14.6 Å². The van der Waals surface area contributed by atoms with Gasteiger partial charge in [-0.15, -0.1) is 0 Å². The zero-order chi connectivity index (χ0) is 19.7. The van der Waals surface area contributed by atoms with Gasteiger partial charge in [-0.05, 0) is 43.4 Å². The standard InChI is InChI=1S/C21H26N4O3/c1-3-28-15-6-4-14(5-7-15)16-12-17(26)22-19-18(16)20(27)24-21(23-19)25-10-8-13(2)9-11-25/h4-7,13,16H,3,8-12H2,1-2H3,(H2,22,23,24,26,27). The zero-order valence-corrected chi connectivity index (χ0v) is 16.3. The molecule has 148 valence electrons. The van der Waals surface area contributed by atoms with E-state index in [1.807, 2.05) is 31.2 Å². The first kappa shape index (κ1) is 18.5. The lowest BCUT2D eigenvalue weighted by Gasteiger charge is -2.32. The number of rotatable bonds is 4. The van der Waals surface area contributed by atoms with Crippen LogP contribution in [0.2, 0.25) is 0 Å². The van der Waals surface area contributed by atoms with Crippen molar-refractivity contribution in [1.29, 1.82) is 0 Å². The van der Waals surface area contributed by atoms with E-state index in [2.05, 4.69) is 27.1 Å². The van der Waals surface area contributed by atoms with E-state index in [1.54, 1.807) is 0 Å². The number of carbonyl (C=O) groups is 1. The second-order valence-corrected chi connectivity index (χ2v) is 7.63. The summed E-state index contributed by atoms with van der Waals surface area (Å²) in [7, 11) is 0. The smallest absolute Gasteiger partial charge is 0.258 e. The maximum atomic E-state index is 13.0. The SMILES string of the molecule is CCOc1ccc(C2CC(=O)Nc3nc(N4CCC(C)CC4)[nH]c(=O)c32)cc1. The summed E-state index contributed by atoms with van der Waals surface area (Å²) in [5.74, 6) is 1.95. The van der Waals surface area contributed by atoms with Crippen molar-refractivity contribution >= 4 is 17.7 Å². The molecule has 4 rings (SSSR count). The summed E-state index contributed by atoms with van der Waals surface area (Å²) in [5.41, 5.74) is 1.25. The largest absolute Gasteiger partial charge is 0.494 e. The Labute approximate surface area is 164 Å². The normalized spacial score (nSPS) is 19.9. The van der Waals surface area contributed by atoms with Crippen LogP contribution in [0.15, 0.2) is 29.1 Å². The summed E-state index contributed by atoms with van der Waals surface area (Å²) >= 11 is 0. The predicted octanol–water partition coefficient (Wildman–Crippen LogP) is 2.88. The van der Waals surface area contributed by atoms with Crippen LogP contribution in [0.4, 0.5) is 11.8 Å². The van der Waals surface area contributed by atoms with Crippen molar-refractivity contribution in [2.24, 2.45) is 5.92 Å². The number of anilines is 2. The third-order valence-electron chi connectivity index (χ3n) is 5.62. The van der Waals surface area contributed by atoms with Gasteiger partial charge in [0.2, 0.25) is 11.9 Å². The molecular formula is C21H26N4O3. The third-order valence-corrected chi connectivity index (χ3v) is 5.62. The second kappa shape index (κ2) is 7.66. The number of aromatic amines is 1.